The van der Waals surface area contributed by atoms with Gasteiger partial charge in [-0.25, -0.2) is 4.98 Å². The van der Waals surface area contributed by atoms with Crippen LogP contribution in [0.4, 0.5) is 0 Å². The van der Waals surface area contributed by atoms with Crippen LogP contribution in [0.15, 0.2) is 45.7 Å². The summed E-state index contributed by atoms with van der Waals surface area (Å²) < 4.78 is 6.79. The molecule has 0 fully saturated rings. The summed E-state index contributed by atoms with van der Waals surface area (Å²) in [6.07, 6.45) is 0.924. The molecule has 22 heavy (non-hydrogen) atoms. The van der Waals surface area contributed by atoms with Gasteiger partial charge >= 0.3 is 0 Å². The molecule has 0 amide bonds. The highest BCUT2D eigenvalue weighted by Crippen LogP contribution is 2.21. The summed E-state index contributed by atoms with van der Waals surface area (Å²) in [7, 11) is 3.44. The van der Waals surface area contributed by atoms with Gasteiger partial charge < -0.3 is 4.74 Å². The lowest BCUT2D eigenvalue weighted by atomic mass is 10.2. The van der Waals surface area contributed by atoms with Gasteiger partial charge in [0.05, 0.1) is 12.5 Å². The molecule has 0 radical (unpaired) electrons. The van der Waals surface area contributed by atoms with E-state index in [2.05, 4.69) is 17.1 Å². The van der Waals surface area contributed by atoms with Gasteiger partial charge in [-0.1, -0.05) is 23.9 Å². The average molecular weight is 332 g/mol. The Morgan fingerprint density at radius 2 is 2.05 bits per heavy atom. The first-order valence-electron chi connectivity index (χ1n) is 6.89. The van der Waals surface area contributed by atoms with Gasteiger partial charge in [-0.3, -0.25) is 9.36 Å². The van der Waals surface area contributed by atoms with E-state index in [-0.39, 0.29) is 5.56 Å². The maximum atomic E-state index is 12.2. The molecule has 0 aliphatic rings. The van der Waals surface area contributed by atoms with Crippen LogP contribution in [0.1, 0.15) is 5.56 Å². The number of nitrogens with zero attached hydrogens (tertiary/aromatic N) is 2. The predicted molar refractivity (Wildman–Crippen MR) is 92.3 cm³/mol. The molecule has 0 unspecified atom stereocenters. The van der Waals surface area contributed by atoms with E-state index < -0.39 is 0 Å². The van der Waals surface area contributed by atoms with Gasteiger partial charge in [-0.2, -0.15) is 0 Å². The summed E-state index contributed by atoms with van der Waals surface area (Å²) in [4.78, 5) is 17.6. The third-order valence-corrected chi connectivity index (χ3v) is 5.28. The zero-order chi connectivity index (χ0) is 15.5. The minimum Gasteiger partial charge on any atom is -0.497 e. The molecule has 0 saturated carbocycles. The largest absolute Gasteiger partial charge is 0.497 e. The first-order valence-corrected chi connectivity index (χ1v) is 8.75. The Balaban J connectivity index is 1.70. The number of fused-ring (bicyclic) bond motifs is 1. The van der Waals surface area contributed by atoms with Crippen LogP contribution >= 0.6 is 23.1 Å². The van der Waals surface area contributed by atoms with Crippen LogP contribution in [0.3, 0.4) is 0 Å². The average Bonchev–Trinajstić information content (AvgIpc) is 3.01. The van der Waals surface area contributed by atoms with Crippen LogP contribution in [0.2, 0.25) is 0 Å². The zero-order valence-corrected chi connectivity index (χ0v) is 14.0. The first-order chi connectivity index (χ1) is 10.7. The van der Waals surface area contributed by atoms with Crippen LogP contribution in [-0.2, 0) is 13.5 Å². The number of benzene rings is 1. The summed E-state index contributed by atoms with van der Waals surface area (Å²) in [5.41, 5.74) is 1.27. The van der Waals surface area contributed by atoms with Crippen molar-refractivity contribution in [1.29, 1.82) is 0 Å². The highest BCUT2D eigenvalue weighted by Gasteiger charge is 2.09. The molecule has 114 valence electrons. The Hall–Kier alpha value is -1.79. The molecule has 0 aliphatic heterocycles. The van der Waals surface area contributed by atoms with E-state index in [4.69, 9.17) is 4.74 Å². The van der Waals surface area contributed by atoms with Crippen molar-refractivity contribution in [1.82, 2.24) is 9.55 Å². The second kappa shape index (κ2) is 6.54. The van der Waals surface area contributed by atoms with E-state index in [0.717, 1.165) is 27.9 Å². The lowest BCUT2D eigenvalue weighted by molar-refractivity contribution is 0.414. The molecule has 4 nitrogen and oxygen atoms in total. The van der Waals surface area contributed by atoms with Crippen molar-refractivity contribution in [2.24, 2.45) is 7.05 Å². The third-order valence-electron chi connectivity index (χ3n) is 3.44. The second-order valence-corrected chi connectivity index (χ2v) is 6.80. The number of methoxy groups -OCH3 is 1. The topological polar surface area (TPSA) is 44.1 Å². The van der Waals surface area contributed by atoms with Crippen molar-refractivity contribution in [3.05, 3.63) is 51.6 Å². The van der Waals surface area contributed by atoms with E-state index in [0.29, 0.717) is 5.39 Å². The van der Waals surface area contributed by atoms with E-state index in [9.17, 15) is 4.79 Å². The van der Waals surface area contributed by atoms with E-state index in [1.807, 2.05) is 23.6 Å². The lowest BCUT2D eigenvalue weighted by Crippen LogP contribution is -2.19. The summed E-state index contributed by atoms with van der Waals surface area (Å²) >= 11 is 3.12. The van der Waals surface area contributed by atoms with E-state index in [1.165, 1.54) is 16.9 Å². The molecule has 0 N–H and O–H groups in total. The van der Waals surface area contributed by atoms with Crippen molar-refractivity contribution < 1.29 is 4.74 Å². The number of hydrogen-bond donors (Lipinski definition) is 0. The van der Waals surface area contributed by atoms with E-state index >= 15 is 0 Å². The van der Waals surface area contributed by atoms with Gasteiger partial charge in [0.15, 0.2) is 5.16 Å². The zero-order valence-electron chi connectivity index (χ0n) is 12.4. The molecule has 1 aromatic carbocycles. The van der Waals surface area contributed by atoms with Crippen LogP contribution in [0.5, 0.6) is 5.75 Å². The van der Waals surface area contributed by atoms with Gasteiger partial charge in [0.25, 0.3) is 5.56 Å². The van der Waals surface area contributed by atoms with Crippen LogP contribution in [0.25, 0.3) is 10.2 Å². The minimum absolute atomic E-state index is 0.0261. The molecular weight excluding hydrogens is 316 g/mol. The summed E-state index contributed by atoms with van der Waals surface area (Å²) in [5, 5.41) is 3.38. The van der Waals surface area contributed by atoms with Crippen LogP contribution in [-0.4, -0.2) is 22.4 Å². The molecule has 0 saturated heterocycles. The van der Waals surface area contributed by atoms with E-state index in [1.54, 1.807) is 30.5 Å². The number of hydrogen-bond acceptors (Lipinski definition) is 5. The number of rotatable bonds is 5. The Morgan fingerprint density at radius 3 is 2.77 bits per heavy atom. The first kappa shape index (κ1) is 15.1. The van der Waals surface area contributed by atoms with Crippen molar-refractivity contribution >= 4 is 33.3 Å². The summed E-state index contributed by atoms with van der Waals surface area (Å²) in [6.45, 7) is 0. The highest BCUT2D eigenvalue weighted by molar-refractivity contribution is 7.99. The fraction of sp³-hybridized carbons (Fsp3) is 0.250. The van der Waals surface area contributed by atoms with Gasteiger partial charge in [-0.15, -0.1) is 11.3 Å². The normalized spacial score (nSPS) is 11.0. The number of aryl methyl sites for hydroxylation is 1. The fourth-order valence-electron chi connectivity index (χ4n) is 2.16. The molecule has 2 aromatic heterocycles. The standard InChI is InChI=1S/C16H16N2O2S2/c1-18-15(19)13-8-10-21-14(13)17-16(18)22-9-7-11-3-5-12(20-2)6-4-11/h3-6,8,10H,7,9H2,1-2H3. The number of ether oxygens (including phenoxy) is 1. The number of thiophene rings is 1. The Labute approximate surface area is 136 Å². The quantitative estimate of drug-likeness (QED) is 0.531. The molecule has 0 spiro atoms. The lowest BCUT2D eigenvalue weighted by Gasteiger charge is -2.07. The molecule has 0 aliphatic carbocycles. The maximum absolute atomic E-state index is 12.2. The smallest absolute Gasteiger partial charge is 0.262 e. The molecule has 0 atom stereocenters. The maximum Gasteiger partial charge on any atom is 0.262 e. The van der Waals surface area contributed by atoms with Crippen LogP contribution in [0, 0.1) is 0 Å². The second-order valence-electron chi connectivity index (χ2n) is 4.84. The minimum atomic E-state index is 0.0261. The van der Waals surface area contributed by atoms with Gasteiger partial charge in [-0.05, 0) is 35.6 Å². The Kier molecular flexibility index (Phi) is 4.49. The number of thioether (sulfide) groups is 1. The highest BCUT2D eigenvalue weighted by atomic mass is 32.2. The molecule has 3 aromatic rings. The van der Waals surface area contributed by atoms with Gasteiger partial charge in [0.1, 0.15) is 10.6 Å². The molecule has 3 rings (SSSR count). The summed E-state index contributed by atoms with van der Waals surface area (Å²) in [5.74, 6) is 1.74. The molecule has 2 heterocycles. The molecular formula is C16H16N2O2S2. The Morgan fingerprint density at radius 1 is 1.27 bits per heavy atom. The van der Waals surface area contributed by atoms with Crippen molar-refractivity contribution in [3.63, 3.8) is 0 Å². The monoisotopic (exact) mass is 332 g/mol. The third kappa shape index (κ3) is 3.03. The molecule has 0 bridgehead atoms. The predicted octanol–water partition coefficient (Wildman–Crippen LogP) is 3.34. The van der Waals surface area contributed by atoms with Crippen LogP contribution < -0.4 is 10.3 Å². The molecule has 6 heteroatoms. The van der Waals surface area contributed by atoms with Crippen molar-refractivity contribution in [3.8, 4) is 5.75 Å². The Bertz CT molecular complexity index is 837. The fourth-order valence-corrected chi connectivity index (χ4v) is 3.93. The van der Waals surface area contributed by atoms with Gasteiger partial charge in [0.2, 0.25) is 0 Å². The SMILES string of the molecule is COc1ccc(CCSc2nc3sccc3c(=O)n2C)cc1. The summed E-state index contributed by atoms with van der Waals surface area (Å²) in [6, 6.07) is 9.89. The van der Waals surface area contributed by atoms with Crippen molar-refractivity contribution in [2.45, 2.75) is 11.6 Å². The van der Waals surface area contributed by atoms with Crippen molar-refractivity contribution in [2.75, 3.05) is 12.9 Å². The van der Waals surface area contributed by atoms with Gasteiger partial charge in [0, 0.05) is 12.8 Å². The number of aromatic nitrogens is 2.